The monoisotopic (exact) mass is 342 g/mol. The third-order valence-electron chi connectivity index (χ3n) is 4.11. The fraction of sp³-hybridized carbons (Fsp3) is 0.111. The second kappa shape index (κ2) is 5.39. The van der Waals surface area contributed by atoms with Crippen molar-refractivity contribution in [3.05, 3.63) is 69.0 Å². The summed E-state index contributed by atoms with van der Waals surface area (Å²) in [4.78, 5) is 24.6. The topological polar surface area (TPSA) is 76.7 Å². The summed E-state index contributed by atoms with van der Waals surface area (Å²) >= 11 is 5.96. The van der Waals surface area contributed by atoms with Crippen LogP contribution in [-0.4, -0.2) is 11.1 Å². The van der Waals surface area contributed by atoms with E-state index < -0.39 is 17.5 Å². The summed E-state index contributed by atoms with van der Waals surface area (Å²) in [6, 6.07) is 11.5. The number of halogens is 1. The average Bonchev–Trinajstić information content (AvgIpc) is 2.56. The fourth-order valence-electron chi connectivity index (χ4n) is 2.99. The number of aromatic hydroxyl groups is 1. The predicted molar refractivity (Wildman–Crippen MR) is 87.7 cm³/mol. The van der Waals surface area contributed by atoms with Gasteiger partial charge in [0.25, 0.3) is 0 Å². The molecule has 1 N–H and O–H groups in total. The van der Waals surface area contributed by atoms with Gasteiger partial charge < -0.3 is 14.3 Å². The minimum atomic E-state index is -0.551. The van der Waals surface area contributed by atoms with Gasteiger partial charge in [-0.15, -0.1) is 0 Å². The maximum atomic E-state index is 12.5. The molecule has 6 heteroatoms. The molecule has 4 rings (SSSR count). The van der Waals surface area contributed by atoms with Gasteiger partial charge >= 0.3 is 11.6 Å². The van der Waals surface area contributed by atoms with Gasteiger partial charge in [0.2, 0.25) is 0 Å². The molecular weight excluding hydrogens is 332 g/mol. The van der Waals surface area contributed by atoms with Crippen LogP contribution < -0.4 is 10.4 Å². The van der Waals surface area contributed by atoms with E-state index in [0.29, 0.717) is 16.5 Å². The van der Waals surface area contributed by atoms with Crippen molar-refractivity contribution in [1.82, 2.24) is 0 Å². The molecule has 0 saturated carbocycles. The summed E-state index contributed by atoms with van der Waals surface area (Å²) in [6.45, 7) is 0. The largest absolute Gasteiger partial charge is 0.506 e. The first kappa shape index (κ1) is 14.8. The molecule has 1 aliphatic heterocycles. The molecule has 120 valence electrons. The van der Waals surface area contributed by atoms with Crippen LogP contribution in [0, 0.1) is 0 Å². The first-order chi connectivity index (χ1) is 11.5. The Morgan fingerprint density at radius 2 is 1.92 bits per heavy atom. The van der Waals surface area contributed by atoms with Crippen LogP contribution in [0.25, 0.3) is 11.0 Å². The number of ether oxygens (including phenoxy) is 1. The predicted octanol–water partition coefficient (Wildman–Crippen LogP) is 3.59. The van der Waals surface area contributed by atoms with Crippen LogP contribution in [-0.2, 0) is 4.79 Å². The Hall–Kier alpha value is -2.79. The van der Waals surface area contributed by atoms with Gasteiger partial charge in [-0.05, 0) is 29.8 Å². The van der Waals surface area contributed by atoms with Crippen molar-refractivity contribution in [3.63, 3.8) is 0 Å². The van der Waals surface area contributed by atoms with E-state index >= 15 is 0 Å². The number of benzene rings is 2. The van der Waals surface area contributed by atoms with Crippen molar-refractivity contribution in [2.24, 2.45) is 0 Å². The van der Waals surface area contributed by atoms with E-state index in [2.05, 4.69) is 0 Å². The second-order valence-corrected chi connectivity index (χ2v) is 5.98. The molecule has 2 heterocycles. The summed E-state index contributed by atoms with van der Waals surface area (Å²) in [6.07, 6.45) is -0.00277. The molecule has 1 aliphatic rings. The molecule has 0 amide bonds. The number of hydrogen-bond acceptors (Lipinski definition) is 5. The molecule has 0 radical (unpaired) electrons. The zero-order valence-electron chi connectivity index (χ0n) is 12.3. The minimum absolute atomic E-state index is 0.00277. The second-order valence-electron chi connectivity index (χ2n) is 5.57. The molecule has 24 heavy (non-hydrogen) atoms. The minimum Gasteiger partial charge on any atom is -0.506 e. The molecule has 0 bridgehead atoms. The van der Waals surface area contributed by atoms with Crippen molar-refractivity contribution in [2.75, 3.05) is 0 Å². The Labute approximate surface area is 141 Å². The van der Waals surface area contributed by atoms with Crippen molar-refractivity contribution in [1.29, 1.82) is 0 Å². The van der Waals surface area contributed by atoms with E-state index in [1.165, 1.54) is 6.07 Å². The van der Waals surface area contributed by atoms with Gasteiger partial charge in [-0.1, -0.05) is 29.8 Å². The van der Waals surface area contributed by atoms with Crippen molar-refractivity contribution < 1.29 is 19.1 Å². The van der Waals surface area contributed by atoms with Crippen LogP contribution in [0.5, 0.6) is 11.5 Å². The molecule has 0 fully saturated rings. The SMILES string of the molecule is O=C1CC(c2ccc(O)c(Cl)c2)c2c(c3ccccc3oc2=O)O1. The number of fused-ring (bicyclic) bond motifs is 3. The van der Waals surface area contributed by atoms with Crippen LogP contribution in [0.15, 0.2) is 51.7 Å². The van der Waals surface area contributed by atoms with Crippen molar-refractivity contribution in [3.8, 4) is 11.5 Å². The molecule has 1 aromatic heterocycles. The molecule has 3 aromatic rings. The van der Waals surface area contributed by atoms with Gasteiger partial charge in [-0.25, -0.2) is 4.79 Å². The number of phenols is 1. The normalized spacial score (nSPS) is 16.7. The zero-order chi connectivity index (χ0) is 16.8. The van der Waals surface area contributed by atoms with Gasteiger partial charge in [0.05, 0.1) is 22.4 Å². The highest BCUT2D eigenvalue weighted by Gasteiger charge is 2.34. The number of phenolic OH excluding ortho intramolecular Hbond substituents is 1. The standard InChI is InChI=1S/C18H11ClO5/c19-12-7-9(5-6-13(12)20)11-8-15(21)24-17-10-3-1-2-4-14(10)23-18(22)16(11)17/h1-7,11,20H,8H2. The van der Waals surface area contributed by atoms with E-state index in [1.54, 1.807) is 36.4 Å². The van der Waals surface area contributed by atoms with Gasteiger partial charge in [0.1, 0.15) is 11.3 Å². The summed E-state index contributed by atoms with van der Waals surface area (Å²) in [7, 11) is 0. The van der Waals surface area contributed by atoms with Crippen molar-refractivity contribution in [2.45, 2.75) is 12.3 Å². The summed E-state index contributed by atoms with van der Waals surface area (Å²) in [5.74, 6) is -0.815. The first-order valence-electron chi connectivity index (χ1n) is 7.29. The summed E-state index contributed by atoms with van der Waals surface area (Å²) < 4.78 is 10.7. The van der Waals surface area contributed by atoms with Gasteiger partial charge in [0.15, 0.2) is 5.75 Å². The third-order valence-corrected chi connectivity index (χ3v) is 4.41. The number of para-hydroxylation sites is 1. The first-order valence-corrected chi connectivity index (χ1v) is 7.67. The maximum Gasteiger partial charge on any atom is 0.343 e. The Kier molecular flexibility index (Phi) is 3.32. The Morgan fingerprint density at radius 1 is 1.12 bits per heavy atom. The highest BCUT2D eigenvalue weighted by Crippen LogP contribution is 2.41. The van der Waals surface area contributed by atoms with E-state index in [1.807, 2.05) is 0 Å². The summed E-state index contributed by atoms with van der Waals surface area (Å²) in [5.41, 5.74) is 0.733. The third kappa shape index (κ3) is 2.25. The highest BCUT2D eigenvalue weighted by molar-refractivity contribution is 6.32. The lowest BCUT2D eigenvalue weighted by Gasteiger charge is -2.24. The molecule has 1 unspecified atom stereocenters. The number of carbonyl (C=O) groups is 1. The van der Waals surface area contributed by atoms with E-state index in [-0.39, 0.29) is 28.5 Å². The molecule has 5 nitrogen and oxygen atoms in total. The lowest BCUT2D eigenvalue weighted by Crippen LogP contribution is -2.26. The lowest BCUT2D eigenvalue weighted by molar-refractivity contribution is -0.135. The fourth-order valence-corrected chi connectivity index (χ4v) is 3.18. The van der Waals surface area contributed by atoms with E-state index in [0.717, 1.165) is 0 Å². The highest BCUT2D eigenvalue weighted by atomic mass is 35.5. The Bertz CT molecular complexity index is 1040. The maximum absolute atomic E-state index is 12.5. The molecule has 0 aliphatic carbocycles. The molecular formula is C18H11ClO5. The van der Waals surface area contributed by atoms with Crippen LogP contribution in [0.3, 0.4) is 0 Å². The molecule has 0 saturated heterocycles. The molecule has 2 aromatic carbocycles. The van der Waals surface area contributed by atoms with Crippen LogP contribution in [0.4, 0.5) is 0 Å². The Balaban J connectivity index is 2.00. The Morgan fingerprint density at radius 3 is 2.71 bits per heavy atom. The van der Waals surface area contributed by atoms with Gasteiger partial charge in [0, 0.05) is 5.92 Å². The molecule has 0 spiro atoms. The number of esters is 1. The lowest BCUT2D eigenvalue weighted by atomic mass is 9.86. The average molecular weight is 343 g/mol. The van der Waals surface area contributed by atoms with E-state index in [4.69, 9.17) is 20.8 Å². The quantitative estimate of drug-likeness (QED) is 0.540. The van der Waals surface area contributed by atoms with Crippen LogP contribution in [0.1, 0.15) is 23.5 Å². The smallest absolute Gasteiger partial charge is 0.343 e. The van der Waals surface area contributed by atoms with Crippen LogP contribution >= 0.6 is 11.6 Å². The number of carbonyl (C=O) groups excluding carboxylic acids is 1. The summed E-state index contributed by atoms with van der Waals surface area (Å²) in [5, 5.41) is 10.3. The van der Waals surface area contributed by atoms with Gasteiger partial charge in [-0.3, -0.25) is 4.79 Å². The zero-order valence-corrected chi connectivity index (χ0v) is 13.0. The van der Waals surface area contributed by atoms with Crippen molar-refractivity contribution >= 4 is 28.5 Å². The molecule has 1 atom stereocenters. The van der Waals surface area contributed by atoms with Crippen LogP contribution in [0.2, 0.25) is 5.02 Å². The number of rotatable bonds is 1. The van der Waals surface area contributed by atoms with E-state index in [9.17, 15) is 14.7 Å². The number of hydrogen-bond donors (Lipinski definition) is 1. The van der Waals surface area contributed by atoms with Gasteiger partial charge in [-0.2, -0.15) is 0 Å².